The van der Waals surface area contributed by atoms with Crippen molar-refractivity contribution in [1.82, 2.24) is 30.1 Å². The van der Waals surface area contributed by atoms with Crippen molar-refractivity contribution >= 4 is 10.9 Å². The van der Waals surface area contributed by atoms with Gasteiger partial charge in [-0.05, 0) is 85.6 Å². The molecule has 9 nitrogen and oxygen atoms in total. The minimum absolute atomic E-state index is 0.136. The van der Waals surface area contributed by atoms with Crippen LogP contribution < -0.4 is 10.3 Å². The number of benzene rings is 1. The SMILES string of the molecule is CCOc1ccc2[nH]c(=O)c([C@H](c3nnnn3Cc3ccco3)N3CCC(C)CC3)cc2c1. The zero-order valence-corrected chi connectivity index (χ0v) is 18.9. The molecule has 4 heterocycles. The number of nitrogens with one attached hydrogen (secondary N) is 1. The minimum atomic E-state index is -0.369. The molecule has 3 aromatic heterocycles. The molecule has 0 aliphatic carbocycles. The lowest BCUT2D eigenvalue weighted by atomic mass is 9.95. The fourth-order valence-electron chi connectivity index (χ4n) is 4.52. The molecule has 0 spiro atoms. The maximum Gasteiger partial charge on any atom is 0.253 e. The summed E-state index contributed by atoms with van der Waals surface area (Å²) in [5.41, 5.74) is 1.26. The molecule has 9 heteroatoms. The van der Waals surface area contributed by atoms with Gasteiger partial charge in [-0.25, -0.2) is 4.68 Å². The molecule has 1 aliphatic rings. The zero-order chi connectivity index (χ0) is 22.8. The molecule has 0 radical (unpaired) electrons. The summed E-state index contributed by atoms with van der Waals surface area (Å²) in [6.45, 7) is 6.94. The van der Waals surface area contributed by atoms with E-state index in [1.54, 1.807) is 10.9 Å². The van der Waals surface area contributed by atoms with E-state index in [0.29, 0.717) is 30.5 Å². The van der Waals surface area contributed by atoms with Crippen LogP contribution in [-0.4, -0.2) is 49.8 Å². The maximum absolute atomic E-state index is 13.3. The van der Waals surface area contributed by atoms with E-state index in [9.17, 15) is 4.79 Å². The lowest BCUT2D eigenvalue weighted by Crippen LogP contribution is -2.40. The van der Waals surface area contributed by atoms with E-state index in [1.165, 1.54) is 0 Å². The average Bonchev–Trinajstić information content (AvgIpc) is 3.49. The Morgan fingerprint density at radius 3 is 2.85 bits per heavy atom. The molecule has 0 amide bonds. The highest BCUT2D eigenvalue weighted by molar-refractivity contribution is 5.80. The fourth-order valence-corrected chi connectivity index (χ4v) is 4.52. The molecule has 33 heavy (non-hydrogen) atoms. The first-order valence-corrected chi connectivity index (χ1v) is 11.4. The first-order chi connectivity index (χ1) is 16.1. The fraction of sp³-hybridized carbons (Fsp3) is 0.417. The van der Waals surface area contributed by atoms with Crippen molar-refractivity contribution in [3.63, 3.8) is 0 Å². The number of furan rings is 1. The summed E-state index contributed by atoms with van der Waals surface area (Å²) in [6.07, 6.45) is 3.76. The average molecular weight is 449 g/mol. The molecule has 0 unspecified atom stereocenters. The largest absolute Gasteiger partial charge is 0.494 e. The third kappa shape index (κ3) is 4.41. The number of likely N-dealkylation sites (tertiary alicyclic amines) is 1. The summed E-state index contributed by atoms with van der Waals surface area (Å²) in [5, 5.41) is 13.5. The number of H-pyrrole nitrogens is 1. The van der Waals surface area contributed by atoms with Crippen molar-refractivity contribution in [2.24, 2.45) is 5.92 Å². The standard InChI is InChI=1S/C24H28N6O3/c1-3-32-18-6-7-21-17(13-18)14-20(24(31)25-21)22(29-10-8-16(2)9-11-29)23-26-27-28-30(23)15-19-5-4-12-33-19/h4-7,12-14,16,22H,3,8-11,15H2,1-2H3,(H,25,31)/t22-/m1/s1. The Balaban J connectivity index is 1.61. The molecule has 0 bridgehead atoms. The van der Waals surface area contributed by atoms with Crippen LogP contribution in [0.25, 0.3) is 10.9 Å². The molecule has 0 saturated carbocycles. The van der Waals surface area contributed by atoms with E-state index in [0.717, 1.165) is 48.3 Å². The number of pyridine rings is 1. The molecule has 4 aromatic rings. The monoisotopic (exact) mass is 448 g/mol. The van der Waals surface area contributed by atoms with Crippen LogP contribution in [0, 0.1) is 5.92 Å². The van der Waals surface area contributed by atoms with Crippen molar-refractivity contribution in [2.45, 2.75) is 39.3 Å². The van der Waals surface area contributed by atoms with Crippen molar-refractivity contribution in [1.29, 1.82) is 0 Å². The molecule has 1 saturated heterocycles. The number of hydrogen-bond donors (Lipinski definition) is 1. The highest BCUT2D eigenvalue weighted by atomic mass is 16.5. The van der Waals surface area contributed by atoms with Crippen molar-refractivity contribution in [2.75, 3.05) is 19.7 Å². The first kappa shape index (κ1) is 21.4. The van der Waals surface area contributed by atoms with Gasteiger partial charge in [-0.3, -0.25) is 9.69 Å². The highest BCUT2D eigenvalue weighted by Crippen LogP contribution is 2.31. The number of aromatic amines is 1. The van der Waals surface area contributed by atoms with Gasteiger partial charge in [0, 0.05) is 16.5 Å². The van der Waals surface area contributed by atoms with E-state index in [4.69, 9.17) is 9.15 Å². The molecule has 1 aromatic carbocycles. The van der Waals surface area contributed by atoms with Crippen molar-refractivity contribution in [3.05, 3.63) is 70.2 Å². The van der Waals surface area contributed by atoms with Gasteiger partial charge in [0.25, 0.3) is 5.56 Å². The molecule has 1 aliphatic heterocycles. The van der Waals surface area contributed by atoms with Gasteiger partial charge in [0.2, 0.25) is 0 Å². The first-order valence-electron chi connectivity index (χ1n) is 11.4. The molecule has 172 valence electrons. The molecule has 1 N–H and O–H groups in total. The number of tetrazole rings is 1. The Kier molecular flexibility index (Phi) is 5.95. The predicted octanol–water partition coefficient (Wildman–Crippen LogP) is 3.38. The van der Waals surface area contributed by atoms with Crippen LogP contribution >= 0.6 is 0 Å². The van der Waals surface area contributed by atoms with Crippen LogP contribution in [0.3, 0.4) is 0 Å². The number of ether oxygens (including phenoxy) is 1. The normalized spacial score (nSPS) is 16.3. The summed E-state index contributed by atoms with van der Waals surface area (Å²) in [4.78, 5) is 18.7. The number of nitrogens with zero attached hydrogens (tertiary/aromatic N) is 5. The van der Waals surface area contributed by atoms with E-state index < -0.39 is 0 Å². The van der Waals surface area contributed by atoms with Gasteiger partial charge < -0.3 is 14.1 Å². The minimum Gasteiger partial charge on any atom is -0.494 e. The molecular weight excluding hydrogens is 420 g/mol. The van der Waals surface area contributed by atoms with E-state index >= 15 is 0 Å². The summed E-state index contributed by atoms with van der Waals surface area (Å²) in [6, 6.07) is 11.0. The van der Waals surface area contributed by atoms with Crippen LogP contribution in [0.15, 0.2) is 51.9 Å². The lowest BCUT2D eigenvalue weighted by Gasteiger charge is -2.35. The molecule has 1 fully saturated rings. The van der Waals surface area contributed by atoms with Crippen LogP contribution in [0.4, 0.5) is 0 Å². The van der Waals surface area contributed by atoms with Crippen molar-refractivity contribution < 1.29 is 9.15 Å². The smallest absolute Gasteiger partial charge is 0.253 e. The predicted molar refractivity (Wildman–Crippen MR) is 123 cm³/mol. The second-order valence-corrected chi connectivity index (χ2v) is 8.63. The number of aromatic nitrogens is 5. The lowest BCUT2D eigenvalue weighted by molar-refractivity contribution is 0.149. The summed E-state index contributed by atoms with van der Waals surface area (Å²) in [7, 11) is 0. The zero-order valence-electron chi connectivity index (χ0n) is 18.9. The topological polar surface area (TPSA) is 102 Å². The molecule has 1 atom stereocenters. The van der Waals surface area contributed by atoms with Crippen LogP contribution in [0.5, 0.6) is 5.75 Å². The van der Waals surface area contributed by atoms with Crippen LogP contribution in [0.1, 0.15) is 49.9 Å². The number of piperidine rings is 1. The van der Waals surface area contributed by atoms with Crippen LogP contribution in [0.2, 0.25) is 0 Å². The number of rotatable bonds is 7. The summed E-state index contributed by atoms with van der Waals surface area (Å²) in [5.74, 6) is 2.81. The van der Waals surface area contributed by atoms with E-state index in [2.05, 4.69) is 32.3 Å². The Morgan fingerprint density at radius 2 is 2.09 bits per heavy atom. The van der Waals surface area contributed by atoms with Gasteiger partial charge in [0.05, 0.1) is 12.9 Å². The van der Waals surface area contributed by atoms with Gasteiger partial charge in [-0.15, -0.1) is 5.10 Å². The van der Waals surface area contributed by atoms with Crippen molar-refractivity contribution in [3.8, 4) is 5.75 Å². The Morgan fingerprint density at radius 1 is 1.24 bits per heavy atom. The van der Waals surface area contributed by atoms with Gasteiger partial charge in [0.15, 0.2) is 5.82 Å². The third-order valence-electron chi connectivity index (χ3n) is 6.32. The van der Waals surface area contributed by atoms with Gasteiger partial charge in [-0.1, -0.05) is 6.92 Å². The number of hydrogen-bond acceptors (Lipinski definition) is 7. The number of fused-ring (bicyclic) bond motifs is 1. The summed E-state index contributed by atoms with van der Waals surface area (Å²) < 4.78 is 12.9. The molecule has 5 rings (SSSR count). The van der Waals surface area contributed by atoms with E-state index in [-0.39, 0.29) is 11.6 Å². The second-order valence-electron chi connectivity index (χ2n) is 8.63. The van der Waals surface area contributed by atoms with Crippen LogP contribution in [-0.2, 0) is 6.54 Å². The Hall–Kier alpha value is -3.46. The second kappa shape index (κ2) is 9.19. The third-order valence-corrected chi connectivity index (χ3v) is 6.32. The van der Waals surface area contributed by atoms with E-state index in [1.807, 2.05) is 43.3 Å². The maximum atomic E-state index is 13.3. The highest BCUT2D eigenvalue weighted by Gasteiger charge is 2.32. The Labute approximate surface area is 191 Å². The summed E-state index contributed by atoms with van der Waals surface area (Å²) >= 11 is 0. The molecular formula is C24H28N6O3. The van der Waals surface area contributed by atoms with Gasteiger partial charge in [0.1, 0.15) is 24.1 Å². The van der Waals surface area contributed by atoms with Gasteiger partial charge in [-0.2, -0.15) is 0 Å². The quantitative estimate of drug-likeness (QED) is 0.462. The van der Waals surface area contributed by atoms with Gasteiger partial charge >= 0.3 is 0 Å². The Bertz CT molecular complexity index is 1270.